The molecule has 0 unspecified atom stereocenters. The number of nitriles is 1. The molecule has 15 heavy (non-hydrogen) atoms. The van der Waals surface area contributed by atoms with Gasteiger partial charge in [0.25, 0.3) is 0 Å². The molecule has 1 rings (SSSR count). The summed E-state index contributed by atoms with van der Waals surface area (Å²) in [5.74, 6) is -0.726. The predicted octanol–water partition coefficient (Wildman–Crippen LogP) is 1.34. The molecule has 80 valence electrons. The maximum absolute atomic E-state index is 11.8. The highest BCUT2D eigenvalue weighted by Gasteiger charge is 2.32. The van der Waals surface area contributed by atoms with Crippen molar-refractivity contribution in [3.8, 4) is 11.9 Å². The van der Waals surface area contributed by atoms with Crippen LogP contribution in [0.3, 0.4) is 0 Å². The zero-order valence-corrected chi connectivity index (χ0v) is 7.25. The van der Waals surface area contributed by atoms with Gasteiger partial charge in [0.1, 0.15) is 0 Å². The summed E-state index contributed by atoms with van der Waals surface area (Å²) in [6.45, 7) is -0.470. The van der Waals surface area contributed by atoms with Crippen LogP contribution in [0.1, 0.15) is 11.1 Å². The average molecular weight is 218 g/mol. The van der Waals surface area contributed by atoms with Crippen molar-refractivity contribution in [2.45, 2.75) is 13.0 Å². The number of ether oxygens (including phenoxy) is 1. The molecule has 7 heteroatoms. The molecule has 0 saturated carbocycles. The summed E-state index contributed by atoms with van der Waals surface area (Å²) in [4.78, 5) is 3.29. The van der Waals surface area contributed by atoms with E-state index < -0.39 is 18.8 Å². The average Bonchev–Trinajstić information content (AvgIpc) is 2.15. The van der Waals surface area contributed by atoms with Crippen molar-refractivity contribution in [1.82, 2.24) is 4.98 Å². The standard InChI is InChI=1S/C8H5F3N2O2/c9-8(10,11)15-7-1-5(2-12)6(4-14)3-13-7/h1,3,14H,4H2. The summed E-state index contributed by atoms with van der Waals surface area (Å²) in [5, 5.41) is 17.3. The topological polar surface area (TPSA) is 66.1 Å². The van der Waals surface area contributed by atoms with Crippen LogP contribution in [0.4, 0.5) is 13.2 Å². The quantitative estimate of drug-likeness (QED) is 0.813. The third-order valence-electron chi connectivity index (χ3n) is 1.47. The number of rotatable bonds is 2. The number of halogens is 3. The Labute approximate surface area is 82.5 Å². The van der Waals surface area contributed by atoms with Crippen LogP contribution in [0.25, 0.3) is 0 Å². The van der Waals surface area contributed by atoms with E-state index in [9.17, 15) is 13.2 Å². The van der Waals surface area contributed by atoms with Crippen LogP contribution in [-0.4, -0.2) is 16.5 Å². The Hall–Kier alpha value is -1.81. The first kappa shape index (κ1) is 11.3. The van der Waals surface area contributed by atoms with Gasteiger partial charge in [-0.1, -0.05) is 0 Å². The fourth-order valence-corrected chi connectivity index (χ4v) is 0.869. The van der Waals surface area contributed by atoms with E-state index in [-0.39, 0.29) is 11.1 Å². The third kappa shape index (κ3) is 3.11. The lowest BCUT2D eigenvalue weighted by molar-refractivity contribution is -0.276. The lowest BCUT2D eigenvalue weighted by Crippen LogP contribution is -2.18. The molecule has 1 heterocycles. The smallest absolute Gasteiger partial charge is 0.392 e. The molecular weight excluding hydrogens is 213 g/mol. The zero-order valence-electron chi connectivity index (χ0n) is 7.25. The maximum Gasteiger partial charge on any atom is 0.574 e. The van der Waals surface area contributed by atoms with E-state index in [1.165, 1.54) is 0 Å². The number of nitrogens with zero attached hydrogens (tertiary/aromatic N) is 2. The lowest BCUT2D eigenvalue weighted by Gasteiger charge is -2.08. The summed E-state index contributed by atoms with van der Waals surface area (Å²) in [5.41, 5.74) is 0.0405. The molecule has 0 atom stereocenters. The SMILES string of the molecule is N#Cc1cc(OC(F)(F)F)ncc1CO. The molecule has 0 aliphatic heterocycles. The highest BCUT2D eigenvalue weighted by atomic mass is 19.4. The Kier molecular flexibility index (Phi) is 3.11. The number of pyridine rings is 1. The molecule has 0 amide bonds. The van der Waals surface area contributed by atoms with E-state index in [0.717, 1.165) is 12.3 Å². The third-order valence-corrected chi connectivity index (χ3v) is 1.47. The van der Waals surface area contributed by atoms with Gasteiger partial charge >= 0.3 is 6.36 Å². The van der Waals surface area contributed by atoms with Crippen molar-refractivity contribution < 1.29 is 23.0 Å². The minimum absolute atomic E-state index is 0.105. The Balaban J connectivity index is 3.00. The second-order valence-corrected chi connectivity index (χ2v) is 2.50. The summed E-state index contributed by atoms with van der Waals surface area (Å²) in [6, 6.07) is 2.44. The number of hydrogen-bond acceptors (Lipinski definition) is 4. The van der Waals surface area contributed by atoms with Gasteiger partial charge in [0, 0.05) is 17.8 Å². The second kappa shape index (κ2) is 4.14. The van der Waals surface area contributed by atoms with E-state index in [0.29, 0.717) is 0 Å². The van der Waals surface area contributed by atoms with Gasteiger partial charge in [0.05, 0.1) is 18.2 Å². The first-order valence-electron chi connectivity index (χ1n) is 3.72. The van der Waals surface area contributed by atoms with E-state index in [2.05, 4.69) is 9.72 Å². The Morgan fingerprint density at radius 3 is 2.67 bits per heavy atom. The molecule has 0 aromatic carbocycles. The van der Waals surface area contributed by atoms with Crippen LogP contribution in [0, 0.1) is 11.3 Å². The largest absolute Gasteiger partial charge is 0.574 e. The second-order valence-electron chi connectivity index (χ2n) is 2.50. The van der Waals surface area contributed by atoms with Gasteiger partial charge in [-0.05, 0) is 0 Å². The van der Waals surface area contributed by atoms with Crippen LogP contribution < -0.4 is 4.74 Å². The monoisotopic (exact) mass is 218 g/mol. The Morgan fingerprint density at radius 2 is 2.20 bits per heavy atom. The highest BCUT2D eigenvalue weighted by Crippen LogP contribution is 2.22. The first-order chi connectivity index (χ1) is 6.96. The number of alkyl halides is 3. The van der Waals surface area contributed by atoms with Gasteiger partial charge in [-0.25, -0.2) is 4.98 Å². The number of aromatic nitrogens is 1. The molecule has 0 fully saturated rings. The zero-order chi connectivity index (χ0) is 11.5. The van der Waals surface area contributed by atoms with E-state index in [1.54, 1.807) is 6.07 Å². The minimum atomic E-state index is -4.85. The summed E-state index contributed by atoms with van der Waals surface area (Å²) in [6.07, 6.45) is -3.89. The van der Waals surface area contributed by atoms with Gasteiger partial charge in [0.15, 0.2) is 0 Å². The maximum atomic E-state index is 11.8. The van der Waals surface area contributed by atoms with Crippen molar-refractivity contribution in [2.75, 3.05) is 0 Å². The number of aliphatic hydroxyl groups excluding tert-OH is 1. The summed E-state index contributed by atoms with van der Waals surface area (Å²) in [7, 11) is 0. The number of hydrogen-bond donors (Lipinski definition) is 1. The molecular formula is C8H5F3N2O2. The van der Waals surface area contributed by atoms with Crippen molar-refractivity contribution in [1.29, 1.82) is 5.26 Å². The van der Waals surface area contributed by atoms with Crippen LogP contribution in [-0.2, 0) is 6.61 Å². The predicted molar refractivity (Wildman–Crippen MR) is 41.6 cm³/mol. The molecule has 0 bridgehead atoms. The Bertz CT molecular complexity index is 398. The summed E-state index contributed by atoms with van der Waals surface area (Å²) >= 11 is 0. The normalized spacial score (nSPS) is 10.9. The van der Waals surface area contributed by atoms with E-state index in [4.69, 9.17) is 10.4 Å². The molecule has 0 radical (unpaired) electrons. The van der Waals surface area contributed by atoms with Crippen molar-refractivity contribution in [3.05, 3.63) is 23.4 Å². The molecule has 1 aromatic heterocycles. The van der Waals surface area contributed by atoms with Gasteiger partial charge < -0.3 is 9.84 Å². The summed E-state index contributed by atoms with van der Waals surface area (Å²) < 4.78 is 38.8. The van der Waals surface area contributed by atoms with Crippen LogP contribution in [0.15, 0.2) is 12.3 Å². The molecule has 4 nitrogen and oxygen atoms in total. The van der Waals surface area contributed by atoms with Crippen molar-refractivity contribution >= 4 is 0 Å². The van der Waals surface area contributed by atoms with Gasteiger partial charge in [-0.3, -0.25) is 0 Å². The lowest BCUT2D eigenvalue weighted by atomic mass is 10.2. The minimum Gasteiger partial charge on any atom is -0.392 e. The van der Waals surface area contributed by atoms with Crippen LogP contribution >= 0.6 is 0 Å². The van der Waals surface area contributed by atoms with Crippen molar-refractivity contribution in [3.63, 3.8) is 0 Å². The molecule has 1 aromatic rings. The molecule has 0 aliphatic carbocycles. The van der Waals surface area contributed by atoms with Crippen LogP contribution in [0.5, 0.6) is 5.88 Å². The molecule has 0 spiro atoms. The molecule has 0 aliphatic rings. The van der Waals surface area contributed by atoms with Gasteiger partial charge in [-0.2, -0.15) is 5.26 Å². The van der Waals surface area contributed by atoms with E-state index >= 15 is 0 Å². The fourth-order valence-electron chi connectivity index (χ4n) is 0.869. The van der Waals surface area contributed by atoms with Gasteiger partial charge in [0.2, 0.25) is 5.88 Å². The fraction of sp³-hybridized carbons (Fsp3) is 0.250. The van der Waals surface area contributed by atoms with Gasteiger partial charge in [-0.15, -0.1) is 13.2 Å². The molecule has 1 N–H and O–H groups in total. The van der Waals surface area contributed by atoms with Crippen LogP contribution in [0.2, 0.25) is 0 Å². The molecule has 0 saturated heterocycles. The first-order valence-corrected chi connectivity index (χ1v) is 3.72. The van der Waals surface area contributed by atoms with Crippen molar-refractivity contribution in [2.24, 2.45) is 0 Å². The highest BCUT2D eigenvalue weighted by molar-refractivity contribution is 5.38. The van der Waals surface area contributed by atoms with E-state index in [1.807, 2.05) is 0 Å². The number of aliphatic hydroxyl groups is 1. The Morgan fingerprint density at radius 1 is 1.53 bits per heavy atom.